The number of nitrogens with one attached hydrogen (secondary N) is 1. The van der Waals surface area contributed by atoms with Crippen LogP contribution in [0.1, 0.15) is 348 Å². The summed E-state index contributed by atoms with van der Waals surface area (Å²) in [5.74, 6) is -0.177. The monoisotopic (exact) mass is 1170 g/mol. The molecule has 1 heterocycles. The van der Waals surface area contributed by atoms with E-state index in [1.807, 2.05) is 6.08 Å². The van der Waals surface area contributed by atoms with Crippen LogP contribution in [0.5, 0.6) is 0 Å². The first kappa shape index (κ1) is 78.9. The van der Waals surface area contributed by atoms with Crippen molar-refractivity contribution in [2.24, 2.45) is 0 Å². The number of aliphatic hydroxyl groups is 5. The summed E-state index contributed by atoms with van der Waals surface area (Å²) < 4.78 is 16.7. The lowest BCUT2D eigenvalue weighted by molar-refractivity contribution is -0.302. The Morgan fingerprint density at radius 2 is 0.771 bits per heavy atom. The molecule has 0 bridgehead atoms. The van der Waals surface area contributed by atoms with Gasteiger partial charge in [0.25, 0.3) is 0 Å². The van der Waals surface area contributed by atoms with E-state index in [1.54, 1.807) is 6.08 Å². The first-order valence-electron chi connectivity index (χ1n) is 35.8. The fourth-order valence-corrected chi connectivity index (χ4v) is 11.3. The van der Waals surface area contributed by atoms with Crippen molar-refractivity contribution in [1.29, 1.82) is 0 Å². The molecule has 0 aromatic heterocycles. The lowest BCUT2D eigenvalue weighted by Gasteiger charge is -2.40. The molecule has 0 spiro atoms. The van der Waals surface area contributed by atoms with Crippen LogP contribution in [0.3, 0.4) is 0 Å². The summed E-state index contributed by atoms with van der Waals surface area (Å²) in [4.78, 5) is 25.1. The highest BCUT2D eigenvalue weighted by molar-refractivity contribution is 5.76. The number of rotatable bonds is 63. The summed E-state index contributed by atoms with van der Waals surface area (Å²) >= 11 is 0. The summed E-state index contributed by atoms with van der Waals surface area (Å²) in [5.41, 5.74) is 0. The number of ether oxygens (including phenoxy) is 3. The van der Waals surface area contributed by atoms with Crippen molar-refractivity contribution in [2.45, 2.75) is 391 Å². The summed E-state index contributed by atoms with van der Waals surface area (Å²) in [7, 11) is 0. The van der Waals surface area contributed by atoms with Crippen LogP contribution in [0, 0.1) is 0 Å². The molecule has 488 valence electrons. The molecule has 1 fully saturated rings. The largest absolute Gasteiger partial charge is 0.466 e. The molecule has 0 radical (unpaired) electrons. The van der Waals surface area contributed by atoms with Gasteiger partial charge in [-0.25, -0.2) is 0 Å². The van der Waals surface area contributed by atoms with Crippen LogP contribution in [0.2, 0.25) is 0 Å². The second kappa shape index (κ2) is 61.5. The molecular formula is C72H135NO10. The zero-order chi connectivity index (χ0) is 60.2. The van der Waals surface area contributed by atoms with Crippen molar-refractivity contribution in [3.05, 3.63) is 36.5 Å². The second-order valence-corrected chi connectivity index (χ2v) is 24.9. The molecule has 0 aromatic carbocycles. The maximum atomic E-state index is 13.0. The van der Waals surface area contributed by atoms with Gasteiger partial charge in [0.15, 0.2) is 6.29 Å². The highest BCUT2D eigenvalue weighted by Crippen LogP contribution is 2.23. The fraction of sp³-hybridized carbons (Fsp3) is 0.889. The van der Waals surface area contributed by atoms with Crippen LogP contribution in [0.25, 0.3) is 0 Å². The summed E-state index contributed by atoms with van der Waals surface area (Å²) in [6, 6.07) is -0.808. The van der Waals surface area contributed by atoms with Crippen molar-refractivity contribution in [2.75, 3.05) is 19.8 Å². The van der Waals surface area contributed by atoms with Crippen molar-refractivity contribution >= 4 is 11.9 Å². The number of unbranched alkanes of at least 4 members (excludes halogenated alkanes) is 45. The van der Waals surface area contributed by atoms with Gasteiger partial charge in [0.05, 0.1) is 32.0 Å². The number of hydrogen-bond acceptors (Lipinski definition) is 10. The standard InChI is InChI=1S/C72H135NO10/c1-3-5-7-9-11-13-14-15-16-30-34-37-40-44-48-52-56-60-68(77)81-61-57-53-49-45-41-38-35-32-29-27-25-23-21-19-17-18-20-22-24-26-28-31-33-36-39-43-47-51-55-59-67(76)73-64(65(75)58-54-50-46-42-12-10-8-6-4-2)63-82-72-71(80)70(79)69(78)66(62-74)83-72/h15-17,19,54,58,64-66,69-72,74-75,78-80H,3-14,18,20-53,55-57,59-63H2,1-2H3,(H,73,76)/b16-15-,19-17-,58-54+. The summed E-state index contributed by atoms with van der Waals surface area (Å²) in [6.07, 6.45) is 68.7. The second-order valence-electron chi connectivity index (χ2n) is 24.9. The molecule has 1 amide bonds. The lowest BCUT2D eigenvalue weighted by atomic mass is 9.99. The number of allylic oxidation sites excluding steroid dienone is 5. The number of aliphatic hydroxyl groups excluding tert-OH is 5. The quantitative estimate of drug-likeness (QED) is 0.0195. The predicted octanol–water partition coefficient (Wildman–Crippen LogP) is 18.2. The van der Waals surface area contributed by atoms with Gasteiger partial charge in [0, 0.05) is 12.8 Å². The SMILES string of the molecule is CCCCCCCC/C=C\CCCCCCCCCC(=O)OCCCCCCCCCCCCCC/C=C\CCCCCCCCCCCCCCCC(=O)NC(COC1OC(CO)C(O)C(O)C1O)C(O)/C=C/CCCCCCCCC. The van der Waals surface area contributed by atoms with Gasteiger partial charge in [-0.15, -0.1) is 0 Å². The minimum Gasteiger partial charge on any atom is -0.466 e. The molecule has 0 aliphatic carbocycles. The van der Waals surface area contributed by atoms with E-state index >= 15 is 0 Å². The van der Waals surface area contributed by atoms with E-state index in [0.29, 0.717) is 19.4 Å². The molecule has 1 saturated heterocycles. The highest BCUT2D eigenvalue weighted by atomic mass is 16.7. The van der Waals surface area contributed by atoms with Gasteiger partial charge in [-0.3, -0.25) is 9.59 Å². The zero-order valence-electron chi connectivity index (χ0n) is 54.2. The van der Waals surface area contributed by atoms with Crippen LogP contribution in [0.4, 0.5) is 0 Å². The third-order valence-electron chi connectivity index (χ3n) is 17.0. The van der Waals surface area contributed by atoms with Crippen molar-refractivity contribution in [3.63, 3.8) is 0 Å². The normalized spacial score (nSPS) is 18.3. The Hall–Kier alpha value is -2.12. The van der Waals surface area contributed by atoms with Crippen LogP contribution in [-0.4, -0.2) is 100 Å². The summed E-state index contributed by atoms with van der Waals surface area (Å²) in [5, 5.41) is 54.3. The number of carbonyl (C=O) groups is 2. The van der Waals surface area contributed by atoms with E-state index in [0.717, 1.165) is 57.8 Å². The van der Waals surface area contributed by atoms with Crippen LogP contribution >= 0.6 is 0 Å². The topological polar surface area (TPSA) is 175 Å². The molecule has 7 atom stereocenters. The Morgan fingerprint density at radius 1 is 0.434 bits per heavy atom. The lowest BCUT2D eigenvalue weighted by Crippen LogP contribution is -2.60. The van der Waals surface area contributed by atoms with Gasteiger partial charge in [-0.2, -0.15) is 0 Å². The molecule has 1 rings (SSSR count). The first-order chi connectivity index (χ1) is 40.7. The molecular weight excluding hydrogens is 1040 g/mol. The van der Waals surface area contributed by atoms with Gasteiger partial charge >= 0.3 is 5.97 Å². The smallest absolute Gasteiger partial charge is 0.305 e. The van der Waals surface area contributed by atoms with Gasteiger partial charge in [-0.05, 0) is 83.5 Å². The maximum Gasteiger partial charge on any atom is 0.305 e. The van der Waals surface area contributed by atoms with Crippen molar-refractivity contribution in [3.8, 4) is 0 Å². The van der Waals surface area contributed by atoms with Crippen LogP contribution in [-0.2, 0) is 23.8 Å². The molecule has 83 heavy (non-hydrogen) atoms. The van der Waals surface area contributed by atoms with E-state index in [9.17, 15) is 35.1 Å². The van der Waals surface area contributed by atoms with Crippen LogP contribution < -0.4 is 5.32 Å². The van der Waals surface area contributed by atoms with Gasteiger partial charge in [0.1, 0.15) is 24.4 Å². The summed E-state index contributed by atoms with van der Waals surface area (Å²) in [6.45, 7) is 4.34. The fourth-order valence-electron chi connectivity index (χ4n) is 11.3. The average Bonchev–Trinajstić information content (AvgIpc) is 3.57. The molecule has 11 nitrogen and oxygen atoms in total. The van der Waals surface area contributed by atoms with Gasteiger partial charge in [0.2, 0.25) is 5.91 Å². The van der Waals surface area contributed by atoms with E-state index in [1.165, 1.54) is 263 Å². The molecule has 1 aliphatic heterocycles. The minimum absolute atomic E-state index is 0.00475. The first-order valence-corrected chi connectivity index (χ1v) is 35.8. The molecule has 0 saturated carbocycles. The van der Waals surface area contributed by atoms with Gasteiger partial charge in [-0.1, -0.05) is 288 Å². The third-order valence-corrected chi connectivity index (χ3v) is 17.0. The van der Waals surface area contributed by atoms with Crippen molar-refractivity contribution in [1.82, 2.24) is 5.32 Å². The van der Waals surface area contributed by atoms with E-state index in [2.05, 4.69) is 43.5 Å². The molecule has 7 unspecified atom stereocenters. The van der Waals surface area contributed by atoms with Gasteiger partial charge < -0.3 is 45.1 Å². The maximum absolute atomic E-state index is 13.0. The molecule has 1 aliphatic rings. The number of carbonyl (C=O) groups excluding carboxylic acids is 2. The molecule has 11 heteroatoms. The zero-order valence-corrected chi connectivity index (χ0v) is 54.2. The number of amides is 1. The number of esters is 1. The Bertz CT molecular complexity index is 1470. The van der Waals surface area contributed by atoms with E-state index < -0.39 is 49.5 Å². The van der Waals surface area contributed by atoms with Crippen molar-refractivity contribution < 1.29 is 49.3 Å². The molecule has 6 N–H and O–H groups in total. The van der Waals surface area contributed by atoms with Crippen LogP contribution in [0.15, 0.2) is 36.5 Å². The number of hydrogen-bond donors (Lipinski definition) is 6. The Kier molecular flexibility index (Phi) is 58.5. The minimum atomic E-state index is -1.57. The van der Waals surface area contributed by atoms with E-state index in [4.69, 9.17) is 14.2 Å². The third kappa shape index (κ3) is 50.6. The Balaban J connectivity index is 1.91. The Morgan fingerprint density at radius 3 is 1.16 bits per heavy atom. The Labute approximate surface area is 511 Å². The van der Waals surface area contributed by atoms with E-state index in [-0.39, 0.29) is 18.5 Å². The molecule has 0 aromatic rings. The average molecular weight is 1170 g/mol. The highest BCUT2D eigenvalue weighted by Gasteiger charge is 2.44. The predicted molar refractivity (Wildman–Crippen MR) is 347 cm³/mol.